The van der Waals surface area contributed by atoms with Gasteiger partial charge in [0.1, 0.15) is 5.82 Å². The summed E-state index contributed by atoms with van der Waals surface area (Å²) in [5.74, 6) is 1.05. The Hall–Kier alpha value is -2.41. The molecular formula is C19H23N3O3S. The molecular weight excluding hydrogens is 350 g/mol. The summed E-state index contributed by atoms with van der Waals surface area (Å²) in [6.07, 6.45) is 3.33. The van der Waals surface area contributed by atoms with Gasteiger partial charge in [-0.15, -0.1) is 0 Å². The molecule has 1 saturated heterocycles. The first-order valence-corrected chi connectivity index (χ1v) is 10.5. The monoisotopic (exact) mass is 373 g/mol. The second-order valence-electron chi connectivity index (χ2n) is 6.61. The number of aryl methyl sites for hydroxylation is 1. The Morgan fingerprint density at radius 2 is 2.00 bits per heavy atom. The van der Waals surface area contributed by atoms with Gasteiger partial charge in [-0.05, 0) is 30.5 Å². The predicted molar refractivity (Wildman–Crippen MR) is 103 cm³/mol. The van der Waals surface area contributed by atoms with E-state index in [1.54, 1.807) is 18.3 Å². The van der Waals surface area contributed by atoms with Crippen molar-refractivity contribution in [2.24, 2.45) is 0 Å². The van der Waals surface area contributed by atoms with E-state index in [-0.39, 0.29) is 23.5 Å². The molecule has 1 aliphatic heterocycles. The molecule has 1 fully saturated rings. The van der Waals surface area contributed by atoms with E-state index in [0.717, 1.165) is 5.56 Å². The number of hydrogen-bond acceptors (Lipinski definition) is 5. The Balaban J connectivity index is 1.53. The summed E-state index contributed by atoms with van der Waals surface area (Å²) in [6, 6.07) is 13.4. The van der Waals surface area contributed by atoms with Crippen molar-refractivity contribution in [2.75, 3.05) is 28.8 Å². The topological polar surface area (TPSA) is 79.4 Å². The van der Waals surface area contributed by atoms with E-state index < -0.39 is 9.84 Å². The third kappa shape index (κ3) is 4.82. The lowest BCUT2D eigenvalue weighted by Crippen LogP contribution is -2.33. The van der Waals surface area contributed by atoms with Crippen LogP contribution in [0, 0.1) is 0 Å². The summed E-state index contributed by atoms with van der Waals surface area (Å²) in [6.45, 7) is 0. The highest BCUT2D eigenvalue weighted by molar-refractivity contribution is 7.91. The molecule has 7 heteroatoms. The lowest BCUT2D eigenvalue weighted by molar-refractivity contribution is -0.116. The Bertz CT molecular complexity index is 851. The molecule has 1 atom stereocenters. The standard InChI is InChI=1S/C19H23N3O3S/c1-22(17-11-12-26(24,25)14-17)18-9-8-16(13-20-18)21-19(23)10-7-15-5-3-2-4-6-15/h2-6,8-9,13,17H,7,10-12,14H2,1H3,(H,21,23). The fourth-order valence-electron chi connectivity index (χ4n) is 3.06. The van der Waals surface area contributed by atoms with Crippen LogP contribution in [0.2, 0.25) is 0 Å². The number of aromatic nitrogens is 1. The summed E-state index contributed by atoms with van der Waals surface area (Å²) in [5, 5.41) is 2.85. The maximum atomic E-state index is 12.1. The molecule has 1 N–H and O–H groups in total. The molecule has 0 radical (unpaired) electrons. The average Bonchev–Trinajstić information content (AvgIpc) is 3.01. The SMILES string of the molecule is CN(c1ccc(NC(=O)CCc2ccccc2)cn1)C1CCS(=O)(=O)C1. The van der Waals surface area contributed by atoms with E-state index in [2.05, 4.69) is 10.3 Å². The first-order chi connectivity index (χ1) is 12.4. The maximum Gasteiger partial charge on any atom is 0.224 e. The Morgan fingerprint density at radius 3 is 2.62 bits per heavy atom. The molecule has 1 amide bonds. The smallest absolute Gasteiger partial charge is 0.224 e. The molecule has 1 aromatic carbocycles. The van der Waals surface area contributed by atoms with Gasteiger partial charge in [-0.1, -0.05) is 30.3 Å². The van der Waals surface area contributed by atoms with Gasteiger partial charge < -0.3 is 10.2 Å². The van der Waals surface area contributed by atoms with Crippen molar-refractivity contribution >= 4 is 27.2 Å². The van der Waals surface area contributed by atoms with Crippen LogP contribution >= 0.6 is 0 Å². The zero-order chi connectivity index (χ0) is 18.6. The molecule has 1 aliphatic rings. The maximum absolute atomic E-state index is 12.1. The first kappa shape index (κ1) is 18.4. The van der Waals surface area contributed by atoms with E-state index in [0.29, 0.717) is 30.8 Å². The van der Waals surface area contributed by atoms with Gasteiger partial charge in [-0.3, -0.25) is 4.79 Å². The molecule has 2 aromatic rings. The number of rotatable bonds is 6. The minimum Gasteiger partial charge on any atom is -0.356 e. The number of nitrogens with one attached hydrogen (secondary N) is 1. The zero-order valence-electron chi connectivity index (χ0n) is 14.8. The summed E-state index contributed by atoms with van der Waals surface area (Å²) < 4.78 is 23.2. The van der Waals surface area contributed by atoms with Crippen LogP contribution in [0.25, 0.3) is 0 Å². The second kappa shape index (κ2) is 7.86. The molecule has 0 bridgehead atoms. The highest BCUT2D eigenvalue weighted by atomic mass is 32.2. The molecule has 6 nitrogen and oxygen atoms in total. The Labute approximate surface area is 154 Å². The minimum atomic E-state index is -2.93. The van der Waals surface area contributed by atoms with Gasteiger partial charge >= 0.3 is 0 Å². The predicted octanol–water partition coefficient (Wildman–Crippen LogP) is 2.28. The molecule has 3 rings (SSSR count). The molecule has 0 spiro atoms. The molecule has 1 unspecified atom stereocenters. The highest BCUT2D eigenvalue weighted by Gasteiger charge is 2.31. The third-order valence-electron chi connectivity index (χ3n) is 4.63. The number of amides is 1. The highest BCUT2D eigenvalue weighted by Crippen LogP contribution is 2.22. The molecule has 1 aromatic heterocycles. The molecule has 0 aliphatic carbocycles. The fraction of sp³-hybridized carbons (Fsp3) is 0.368. The summed E-state index contributed by atoms with van der Waals surface area (Å²) in [4.78, 5) is 18.3. The number of pyridine rings is 1. The number of carbonyl (C=O) groups is 1. The van der Waals surface area contributed by atoms with Crippen LogP contribution in [0.1, 0.15) is 18.4 Å². The largest absolute Gasteiger partial charge is 0.356 e. The van der Waals surface area contributed by atoms with Gasteiger partial charge in [0.05, 0.1) is 23.4 Å². The Morgan fingerprint density at radius 1 is 1.23 bits per heavy atom. The van der Waals surface area contributed by atoms with E-state index in [9.17, 15) is 13.2 Å². The van der Waals surface area contributed by atoms with Crippen LogP contribution in [-0.2, 0) is 21.1 Å². The Kier molecular flexibility index (Phi) is 5.56. The summed E-state index contributed by atoms with van der Waals surface area (Å²) >= 11 is 0. The van der Waals surface area contributed by atoms with Crippen LogP contribution in [0.3, 0.4) is 0 Å². The van der Waals surface area contributed by atoms with E-state index >= 15 is 0 Å². The molecule has 138 valence electrons. The van der Waals surface area contributed by atoms with Crippen molar-refractivity contribution < 1.29 is 13.2 Å². The fourth-order valence-corrected chi connectivity index (χ4v) is 4.84. The summed E-state index contributed by atoms with van der Waals surface area (Å²) in [5.41, 5.74) is 1.77. The van der Waals surface area contributed by atoms with Gasteiger partial charge in [-0.2, -0.15) is 0 Å². The third-order valence-corrected chi connectivity index (χ3v) is 6.38. The van der Waals surface area contributed by atoms with Crippen molar-refractivity contribution in [2.45, 2.75) is 25.3 Å². The summed E-state index contributed by atoms with van der Waals surface area (Å²) in [7, 11) is -1.08. The average molecular weight is 373 g/mol. The number of nitrogens with zero attached hydrogens (tertiary/aromatic N) is 2. The van der Waals surface area contributed by atoms with Crippen LogP contribution in [0.15, 0.2) is 48.7 Å². The minimum absolute atomic E-state index is 0.0428. The van der Waals surface area contributed by atoms with Gasteiger partial charge in [-0.25, -0.2) is 13.4 Å². The van der Waals surface area contributed by atoms with Crippen LogP contribution < -0.4 is 10.2 Å². The van der Waals surface area contributed by atoms with E-state index in [1.807, 2.05) is 42.3 Å². The molecule has 0 saturated carbocycles. The van der Waals surface area contributed by atoms with Crippen molar-refractivity contribution in [3.8, 4) is 0 Å². The lowest BCUT2D eigenvalue weighted by Gasteiger charge is -2.24. The first-order valence-electron chi connectivity index (χ1n) is 8.66. The lowest BCUT2D eigenvalue weighted by atomic mass is 10.1. The van der Waals surface area contributed by atoms with Crippen LogP contribution in [-0.4, -0.2) is 43.9 Å². The van der Waals surface area contributed by atoms with Gasteiger partial charge in [0.25, 0.3) is 0 Å². The van der Waals surface area contributed by atoms with Crippen molar-refractivity contribution in [1.29, 1.82) is 0 Å². The van der Waals surface area contributed by atoms with Crippen LogP contribution in [0.5, 0.6) is 0 Å². The zero-order valence-corrected chi connectivity index (χ0v) is 15.6. The van der Waals surface area contributed by atoms with Gasteiger partial charge in [0.2, 0.25) is 5.91 Å². The van der Waals surface area contributed by atoms with E-state index in [1.165, 1.54) is 0 Å². The number of anilines is 2. The van der Waals surface area contributed by atoms with Crippen LogP contribution in [0.4, 0.5) is 11.5 Å². The van der Waals surface area contributed by atoms with Gasteiger partial charge in [0, 0.05) is 19.5 Å². The molecule has 2 heterocycles. The quantitative estimate of drug-likeness (QED) is 0.840. The van der Waals surface area contributed by atoms with Crippen molar-refractivity contribution in [1.82, 2.24) is 4.98 Å². The second-order valence-corrected chi connectivity index (χ2v) is 8.84. The molecule has 26 heavy (non-hydrogen) atoms. The number of carbonyl (C=O) groups excluding carboxylic acids is 1. The van der Waals surface area contributed by atoms with Gasteiger partial charge in [0.15, 0.2) is 9.84 Å². The number of sulfone groups is 1. The normalized spacial score (nSPS) is 18.4. The number of benzene rings is 1. The van der Waals surface area contributed by atoms with Crippen molar-refractivity contribution in [3.63, 3.8) is 0 Å². The number of hydrogen-bond donors (Lipinski definition) is 1. The van der Waals surface area contributed by atoms with Crippen molar-refractivity contribution in [3.05, 3.63) is 54.2 Å². The van der Waals surface area contributed by atoms with E-state index in [4.69, 9.17) is 0 Å².